The molecule has 10 heteroatoms. The molecule has 29 heavy (non-hydrogen) atoms. The zero-order chi connectivity index (χ0) is 20.4. The minimum Gasteiger partial charge on any atom is -0.484 e. The van der Waals surface area contributed by atoms with Crippen LogP contribution < -0.4 is 21.3 Å². The molecule has 2 amide bonds. The molecule has 4 N–H and O–H groups in total. The van der Waals surface area contributed by atoms with Crippen LogP contribution in [0.1, 0.15) is 35.3 Å². The first-order valence-corrected chi connectivity index (χ1v) is 11.6. The van der Waals surface area contributed by atoms with Gasteiger partial charge in [0.05, 0.1) is 22.6 Å². The van der Waals surface area contributed by atoms with E-state index in [2.05, 4.69) is 10.4 Å². The third-order valence-corrected chi connectivity index (χ3v) is 7.28. The standard InChI is InChI=1S/C19H22N4O4S2/c20-14(24)9-27-13-3-1-2-11(8-13)17-16-18(21-15(25)10-29-17)23(22-19(16)26)12-4-6-28-7-5-12/h1-3,8,12,17H,4-7,9-10H2,(H2,20,24)(H,21,25)(H,22,26)/t17-/m0/s1. The molecule has 2 aromatic rings. The third-order valence-electron chi connectivity index (χ3n) is 4.96. The quantitative estimate of drug-likeness (QED) is 0.661. The number of hydrogen-bond donors (Lipinski definition) is 3. The second-order valence-corrected chi connectivity index (χ2v) is 9.30. The van der Waals surface area contributed by atoms with Crippen molar-refractivity contribution in [1.82, 2.24) is 9.78 Å². The molecule has 2 aliphatic heterocycles. The summed E-state index contributed by atoms with van der Waals surface area (Å²) in [6.07, 6.45) is 1.90. The first-order chi connectivity index (χ1) is 14.0. The predicted molar refractivity (Wildman–Crippen MR) is 115 cm³/mol. The maximum absolute atomic E-state index is 12.9. The van der Waals surface area contributed by atoms with E-state index in [9.17, 15) is 14.4 Å². The molecule has 4 rings (SSSR count). The van der Waals surface area contributed by atoms with E-state index in [1.165, 1.54) is 11.8 Å². The molecule has 2 aliphatic rings. The van der Waals surface area contributed by atoms with Crippen LogP contribution in [0.2, 0.25) is 0 Å². The van der Waals surface area contributed by atoms with Crippen LogP contribution in [0.5, 0.6) is 5.75 Å². The van der Waals surface area contributed by atoms with Crippen LogP contribution in [0.15, 0.2) is 29.1 Å². The Hall–Kier alpha value is -2.33. The molecule has 0 saturated carbocycles. The lowest BCUT2D eigenvalue weighted by atomic mass is 10.1. The smallest absolute Gasteiger partial charge is 0.270 e. The van der Waals surface area contributed by atoms with Gasteiger partial charge in [0.2, 0.25) is 5.91 Å². The number of primary amides is 1. The summed E-state index contributed by atoms with van der Waals surface area (Å²) in [6.45, 7) is -0.219. The molecule has 8 nitrogen and oxygen atoms in total. The number of aromatic amines is 1. The zero-order valence-electron chi connectivity index (χ0n) is 15.7. The summed E-state index contributed by atoms with van der Waals surface area (Å²) >= 11 is 3.30. The molecule has 3 heterocycles. The highest BCUT2D eigenvalue weighted by molar-refractivity contribution is 8.00. The number of carbonyl (C=O) groups is 2. The number of anilines is 1. The van der Waals surface area contributed by atoms with E-state index in [0.29, 0.717) is 17.1 Å². The number of nitrogens with two attached hydrogens (primary N) is 1. The summed E-state index contributed by atoms with van der Waals surface area (Å²) in [6, 6.07) is 7.38. The Kier molecular flexibility index (Phi) is 5.91. The van der Waals surface area contributed by atoms with E-state index >= 15 is 0 Å². The number of amides is 2. The van der Waals surface area contributed by atoms with Crippen LogP contribution >= 0.6 is 23.5 Å². The van der Waals surface area contributed by atoms with Crippen molar-refractivity contribution in [3.8, 4) is 5.75 Å². The summed E-state index contributed by atoms with van der Waals surface area (Å²) < 4.78 is 7.26. The highest BCUT2D eigenvalue weighted by Gasteiger charge is 2.32. The fourth-order valence-corrected chi connectivity index (χ4v) is 5.84. The van der Waals surface area contributed by atoms with Crippen molar-refractivity contribution in [2.24, 2.45) is 5.73 Å². The average molecular weight is 435 g/mol. The Bertz CT molecular complexity index is 981. The maximum Gasteiger partial charge on any atom is 0.270 e. The Morgan fingerprint density at radius 1 is 1.28 bits per heavy atom. The topological polar surface area (TPSA) is 119 Å². The van der Waals surface area contributed by atoms with Crippen molar-refractivity contribution in [1.29, 1.82) is 0 Å². The highest BCUT2D eigenvalue weighted by Crippen LogP contribution is 2.42. The van der Waals surface area contributed by atoms with Gasteiger partial charge in [0.1, 0.15) is 11.6 Å². The Morgan fingerprint density at radius 3 is 2.83 bits per heavy atom. The number of aromatic nitrogens is 2. The summed E-state index contributed by atoms with van der Waals surface area (Å²) in [5.41, 5.74) is 6.34. The number of H-pyrrole nitrogens is 1. The van der Waals surface area contributed by atoms with Crippen LogP contribution in [0.4, 0.5) is 5.82 Å². The first-order valence-electron chi connectivity index (χ1n) is 9.37. The van der Waals surface area contributed by atoms with Gasteiger partial charge in [-0.05, 0) is 42.0 Å². The molecule has 154 valence electrons. The molecule has 0 aliphatic carbocycles. The minimum atomic E-state index is -0.560. The van der Waals surface area contributed by atoms with Crippen molar-refractivity contribution in [3.05, 3.63) is 45.7 Å². The van der Waals surface area contributed by atoms with Gasteiger partial charge in [0.25, 0.3) is 11.5 Å². The Balaban J connectivity index is 1.72. The number of carbonyl (C=O) groups excluding carboxylic acids is 2. The molecule has 1 atom stereocenters. The number of thioether (sulfide) groups is 2. The van der Waals surface area contributed by atoms with E-state index in [1.54, 1.807) is 18.2 Å². The molecular formula is C19H22N4O4S2. The van der Waals surface area contributed by atoms with Gasteiger partial charge in [0, 0.05) is 0 Å². The van der Waals surface area contributed by atoms with Gasteiger partial charge in [-0.3, -0.25) is 24.2 Å². The fraction of sp³-hybridized carbons (Fsp3) is 0.421. The molecular weight excluding hydrogens is 412 g/mol. The molecule has 0 spiro atoms. The van der Waals surface area contributed by atoms with Crippen molar-refractivity contribution < 1.29 is 14.3 Å². The Morgan fingerprint density at radius 2 is 2.07 bits per heavy atom. The van der Waals surface area contributed by atoms with Crippen molar-refractivity contribution in [2.75, 3.05) is 29.2 Å². The monoisotopic (exact) mass is 434 g/mol. The molecule has 1 aromatic carbocycles. The minimum absolute atomic E-state index is 0.127. The first kappa shape index (κ1) is 20.0. The number of nitrogens with one attached hydrogen (secondary N) is 2. The summed E-state index contributed by atoms with van der Waals surface area (Å²) in [7, 11) is 0. The van der Waals surface area contributed by atoms with E-state index in [1.807, 2.05) is 22.5 Å². The van der Waals surface area contributed by atoms with Crippen molar-refractivity contribution in [3.63, 3.8) is 0 Å². The van der Waals surface area contributed by atoms with Gasteiger partial charge in [0.15, 0.2) is 6.61 Å². The number of rotatable bonds is 5. The van der Waals surface area contributed by atoms with Crippen LogP contribution in [0, 0.1) is 0 Å². The summed E-state index contributed by atoms with van der Waals surface area (Å²) in [4.78, 5) is 36.3. The third kappa shape index (κ3) is 4.32. The van der Waals surface area contributed by atoms with Crippen molar-refractivity contribution in [2.45, 2.75) is 24.1 Å². The zero-order valence-corrected chi connectivity index (χ0v) is 17.3. The molecule has 0 bridgehead atoms. The molecule has 1 aromatic heterocycles. The fourth-order valence-electron chi connectivity index (χ4n) is 3.65. The van der Waals surface area contributed by atoms with Gasteiger partial charge < -0.3 is 15.8 Å². The normalized spacial score (nSPS) is 19.9. The van der Waals surface area contributed by atoms with E-state index in [-0.39, 0.29) is 35.1 Å². The average Bonchev–Trinajstić information content (AvgIpc) is 2.92. The largest absolute Gasteiger partial charge is 0.484 e. The van der Waals surface area contributed by atoms with Gasteiger partial charge >= 0.3 is 0 Å². The number of benzene rings is 1. The van der Waals surface area contributed by atoms with Crippen LogP contribution in [0.3, 0.4) is 0 Å². The van der Waals surface area contributed by atoms with Gasteiger partial charge in [-0.2, -0.15) is 11.8 Å². The lowest BCUT2D eigenvalue weighted by molar-refractivity contribution is -0.120. The molecule has 1 fully saturated rings. The highest BCUT2D eigenvalue weighted by atomic mass is 32.2. The van der Waals surface area contributed by atoms with E-state index in [0.717, 1.165) is 29.9 Å². The molecule has 1 saturated heterocycles. The second-order valence-electron chi connectivity index (χ2n) is 6.98. The van der Waals surface area contributed by atoms with Crippen LogP contribution in [0.25, 0.3) is 0 Å². The Labute approximate surface area is 175 Å². The predicted octanol–water partition coefficient (Wildman–Crippen LogP) is 1.88. The number of nitrogens with zero attached hydrogens (tertiary/aromatic N) is 1. The van der Waals surface area contributed by atoms with Gasteiger partial charge in [-0.1, -0.05) is 12.1 Å². The maximum atomic E-state index is 12.9. The van der Waals surface area contributed by atoms with Crippen LogP contribution in [-0.2, 0) is 9.59 Å². The summed E-state index contributed by atoms with van der Waals surface area (Å²) in [5.74, 6) is 2.68. The number of fused-ring (bicyclic) bond motifs is 1. The van der Waals surface area contributed by atoms with E-state index in [4.69, 9.17) is 10.5 Å². The van der Waals surface area contributed by atoms with Gasteiger partial charge in [-0.15, -0.1) is 11.8 Å². The SMILES string of the molecule is NC(=O)COc1cccc([C@@H]2SCC(=O)Nc3c2c(=O)[nH]n3C2CCSCC2)c1. The van der Waals surface area contributed by atoms with E-state index < -0.39 is 5.91 Å². The van der Waals surface area contributed by atoms with Crippen molar-refractivity contribution >= 4 is 41.2 Å². The summed E-state index contributed by atoms with van der Waals surface area (Å²) in [5, 5.41) is 5.57. The van der Waals surface area contributed by atoms with Crippen LogP contribution in [-0.4, -0.2) is 45.5 Å². The number of hydrogen-bond acceptors (Lipinski definition) is 6. The second kappa shape index (κ2) is 8.58. The molecule has 0 radical (unpaired) electrons. The number of ether oxygens (including phenoxy) is 1. The lowest BCUT2D eigenvalue weighted by Crippen LogP contribution is -2.22. The van der Waals surface area contributed by atoms with Gasteiger partial charge in [-0.25, -0.2) is 0 Å². The lowest BCUT2D eigenvalue weighted by Gasteiger charge is -2.24. The molecule has 0 unspecified atom stereocenters.